The van der Waals surface area contributed by atoms with Crippen LogP contribution in [0.15, 0.2) is 48.5 Å². The summed E-state index contributed by atoms with van der Waals surface area (Å²) in [5, 5.41) is 0. The van der Waals surface area contributed by atoms with Gasteiger partial charge >= 0.3 is 0 Å². The second-order valence-electron chi connectivity index (χ2n) is 5.71. The average molecular weight is 295 g/mol. The molecule has 1 aliphatic heterocycles. The number of piperazine rings is 1. The number of nitrogens with two attached hydrogens (primary N) is 1. The zero-order chi connectivity index (χ0) is 15.5. The summed E-state index contributed by atoms with van der Waals surface area (Å²) in [6.45, 7) is 5.12. The van der Waals surface area contributed by atoms with Crippen LogP contribution in [0.2, 0.25) is 0 Å². The van der Waals surface area contributed by atoms with Crippen LogP contribution in [0.25, 0.3) is 0 Å². The standard InChI is InChI=1S/C18H21N3O/c1-14-7-8-17(19)16(13-14)18(22)21-11-9-20(10-12-21)15-5-3-2-4-6-15/h2-8,13H,9-12,19H2,1H3. The monoisotopic (exact) mass is 295 g/mol. The third-order valence-corrected chi connectivity index (χ3v) is 4.13. The number of rotatable bonds is 2. The van der Waals surface area contributed by atoms with Gasteiger partial charge in [0.15, 0.2) is 0 Å². The van der Waals surface area contributed by atoms with Crippen molar-refractivity contribution in [1.29, 1.82) is 0 Å². The van der Waals surface area contributed by atoms with E-state index in [0.717, 1.165) is 31.7 Å². The second-order valence-corrected chi connectivity index (χ2v) is 5.71. The van der Waals surface area contributed by atoms with E-state index in [2.05, 4.69) is 17.0 Å². The Balaban J connectivity index is 1.68. The predicted octanol–water partition coefficient (Wildman–Crippen LogP) is 2.54. The summed E-state index contributed by atoms with van der Waals surface area (Å²) in [7, 11) is 0. The molecule has 0 atom stereocenters. The largest absolute Gasteiger partial charge is 0.398 e. The van der Waals surface area contributed by atoms with E-state index in [-0.39, 0.29) is 5.91 Å². The molecule has 2 N–H and O–H groups in total. The van der Waals surface area contributed by atoms with Gasteiger partial charge in [0.2, 0.25) is 0 Å². The van der Waals surface area contributed by atoms with Gasteiger partial charge in [-0.3, -0.25) is 4.79 Å². The molecule has 2 aromatic carbocycles. The van der Waals surface area contributed by atoms with Crippen molar-refractivity contribution in [3.8, 4) is 0 Å². The summed E-state index contributed by atoms with van der Waals surface area (Å²) in [6, 6.07) is 15.9. The molecule has 1 aliphatic rings. The van der Waals surface area contributed by atoms with E-state index in [4.69, 9.17) is 5.73 Å². The first kappa shape index (κ1) is 14.4. The number of benzene rings is 2. The lowest BCUT2D eigenvalue weighted by atomic mass is 10.1. The molecule has 0 saturated carbocycles. The third-order valence-electron chi connectivity index (χ3n) is 4.13. The van der Waals surface area contributed by atoms with Gasteiger partial charge in [-0.2, -0.15) is 0 Å². The van der Waals surface area contributed by atoms with Gasteiger partial charge < -0.3 is 15.5 Å². The summed E-state index contributed by atoms with van der Waals surface area (Å²) >= 11 is 0. The summed E-state index contributed by atoms with van der Waals surface area (Å²) in [4.78, 5) is 16.8. The molecule has 0 aliphatic carbocycles. The fourth-order valence-electron chi connectivity index (χ4n) is 2.83. The van der Waals surface area contributed by atoms with Crippen LogP contribution in [0.5, 0.6) is 0 Å². The number of nitrogens with zero attached hydrogens (tertiary/aromatic N) is 2. The first-order valence-corrected chi connectivity index (χ1v) is 7.60. The van der Waals surface area contributed by atoms with Crippen molar-refractivity contribution in [2.75, 3.05) is 36.8 Å². The summed E-state index contributed by atoms with van der Waals surface area (Å²) in [6.07, 6.45) is 0. The number of carbonyl (C=O) groups excluding carboxylic acids is 1. The van der Waals surface area contributed by atoms with Crippen molar-refractivity contribution in [2.24, 2.45) is 0 Å². The topological polar surface area (TPSA) is 49.6 Å². The minimum absolute atomic E-state index is 0.0360. The maximum Gasteiger partial charge on any atom is 0.256 e. The van der Waals surface area contributed by atoms with Crippen LogP contribution >= 0.6 is 0 Å². The summed E-state index contributed by atoms with van der Waals surface area (Å²) in [5.41, 5.74) is 9.40. The average Bonchev–Trinajstić information content (AvgIpc) is 2.57. The highest BCUT2D eigenvalue weighted by Gasteiger charge is 2.23. The van der Waals surface area contributed by atoms with Crippen molar-refractivity contribution in [1.82, 2.24) is 4.90 Å². The zero-order valence-corrected chi connectivity index (χ0v) is 12.8. The van der Waals surface area contributed by atoms with Crippen LogP contribution in [-0.2, 0) is 0 Å². The maximum atomic E-state index is 12.6. The number of hydrogen-bond acceptors (Lipinski definition) is 3. The maximum absolute atomic E-state index is 12.6. The minimum Gasteiger partial charge on any atom is -0.398 e. The molecule has 1 saturated heterocycles. The Morgan fingerprint density at radius 3 is 2.36 bits per heavy atom. The summed E-state index contributed by atoms with van der Waals surface area (Å²) < 4.78 is 0. The number of amides is 1. The SMILES string of the molecule is Cc1ccc(N)c(C(=O)N2CCN(c3ccccc3)CC2)c1. The molecule has 1 fully saturated rings. The molecule has 1 amide bonds. The molecule has 4 heteroatoms. The third kappa shape index (κ3) is 2.91. The molecular formula is C18H21N3O. The fraction of sp³-hybridized carbons (Fsp3) is 0.278. The Labute approximate surface area is 131 Å². The number of carbonyl (C=O) groups is 1. The van der Waals surface area contributed by atoms with Crippen LogP contribution in [0.4, 0.5) is 11.4 Å². The van der Waals surface area contributed by atoms with Gasteiger partial charge in [-0.1, -0.05) is 29.8 Å². The molecule has 0 aromatic heterocycles. The minimum atomic E-state index is 0.0360. The molecule has 114 valence electrons. The zero-order valence-electron chi connectivity index (χ0n) is 12.8. The van der Waals surface area contributed by atoms with Crippen LogP contribution in [0.1, 0.15) is 15.9 Å². The highest BCUT2D eigenvalue weighted by molar-refractivity contribution is 5.99. The van der Waals surface area contributed by atoms with Gasteiger partial charge in [0.1, 0.15) is 0 Å². The highest BCUT2D eigenvalue weighted by Crippen LogP contribution is 2.19. The number of anilines is 2. The van der Waals surface area contributed by atoms with Gasteiger partial charge in [0, 0.05) is 37.6 Å². The van der Waals surface area contributed by atoms with Crippen molar-refractivity contribution in [3.05, 3.63) is 59.7 Å². The van der Waals surface area contributed by atoms with Crippen molar-refractivity contribution in [2.45, 2.75) is 6.92 Å². The number of nitrogen functional groups attached to an aromatic ring is 1. The Bertz CT molecular complexity index is 661. The van der Waals surface area contributed by atoms with E-state index >= 15 is 0 Å². The van der Waals surface area contributed by atoms with Crippen molar-refractivity contribution >= 4 is 17.3 Å². The van der Waals surface area contributed by atoms with E-state index in [9.17, 15) is 4.79 Å². The second kappa shape index (κ2) is 6.10. The normalized spacial score (nSPS) is 15.0. The predicted molar refractivity (Wildman–Crippen MR) is 90.1 cm³/mol. The van der Waals surface area contributed by atoms with Crippen LogP contribution < -0.4 is 10.6 Å². The Hall–Kier alpha value is -2.49. The van der Waals surface area contributed by atoms with Gasteiger partial charge in [0.25, 0.3) is 5.91 Å². The van der Waals surface area contributed by atoms with E-state index in [1.807, 2.05) is 48.2 Å². The van der Waals surface area contributed by atoms with Crippen molar-refractivity contribution in [3.63, 3.8) is 0 Å². The number of aryl methyl sites for hydroxylation is 1. The lowest BCUT2D eigenvalue weighted by Gasteiger charge is -2.36. The van der Waals surface area contributed by atoms with Crippen LogP contribution in [0.3, 0.4) is 0 Å². The first-order chi connectivity index (χ1) is 10.6. The molecule has 4 nitrogen and oxygen atoms in total. The van der Waals surface area contributed by atoms with Gasteiger partial charge in [-0.25, -0.2) is 0 Å². The molecule has 0 spiro atoms. The molecule has 0 radical (unpaired) electrons. The van der Waals surface area contributed by atoms with E-state index in [1.165, 1.54) is 5.69 Å². The molecule has 0 bridgehead atoms. The Morgan fingerprint density at radius 2 is 1.68 bits per heavy atom. The van der Waals surface area contributed by atoms with Crippen molar-refractivity contribution < 1.29 is 4.79 Å². The van der Waals surface area contributed by atoms with E-state index < -0.39 is 0 Å². The Kier molecular flexibility index (Phi) is 4.00. The lowest BCUT2D eigenvalue weighted by molar-refractivity contribution is 0.0748. The number of hydrogen-bond donors (Lipinski definition) is 1. The van der Waals surface area contributed by atoms with Crippen LogP contribution in [0, 0.1) is 6.92 Å². The highest BCUT2D eigenvalue weighted by atomic mass is 16.2. The van der Waals surface area contributed by atoms with Crippen LogP contribution in [-0.4, -0.2) is 37.0 Å². The molecule has 3 rings (SSSR count). The van der Waals surface area contributed by atoms with Gasteiger partial charge in [-0.15, -0.1) is 0 Å². The lowest BCUT2D eigenvalue weighted by Crippen LogP contribution is -2.48. The molecule has 22 heavy (non-hydrogen) atoms. The fourth-order valence-corrected chi connectivity index (χ4v) is 2.83. The summed E-state index contributed by atoms with van der Waals surface area (Å²) in [5.74, 6) is 0.0360. The first-order valence-electron chi connectivity index (χ1n) is 7.60. The molecule has 2 aromatic rings. The van der Waals surface area contributed by atoms with Gasteiger partial charge in [0.05, 0.1) is 5.56 Å². The van der Waals surface area contributed by atoms with E-state index in [1.54, 1.807) is 0 Å². The van der Waals surface area contributed by atoms with Gasteiger partial charge in [-0.05, 0) is 31.2 Å². The molecule has 0 unspecified atom stereocenters. The quantitative estimate of drug-likeness (QED) is 0.866. The molecular weight excluding hydrogens is 274 g/mol. The smallest absolute Gasteiger partial charge is 0.256 e. The van der Waals surface area contributed by atoms with E-state index in [0.29, 0.717) is 11.3 Å². The number of para-hydroxylation sites is 1. The Morgan fingerprint density at radius 1 is 1.00 bits per heavy atom. The molecule has 1 heterocycles.